The van der Waals surface area contributed by atoms with Crippen molar-refractivity contribution in [1.82, 2.24) is 0 Å². The lowest BCUT2D eigenvalue weighted by Gasteiger charge is -2.53. The van der Waals surface area contributed by atoms with Crippen molar-refractivity contribution in [3.05, 3.63) is 35.4 Å². The van der Waals surface area contributed by atoms with E-state index in [0.29, 0.717) is 18.6 Å². The Kier molecular flexibility index (Phi) is 4.30. The van der Waals surface area contributed by atoms with Crippen LogP contribution in [0.15, 0.2) is 24.3 Å². The molecular weight excluding hydrogens is 280 g/mol. The maximum atomic E-state index is 10.8. The zero-order valence-electron chi connectivity index (χ0n) is 12.8. The van der Waals surface area contributed by atoms with Gasteiger partial charge in [0.15, 0.2) is 0 Å². The van der Waals surface area contributed by atoms with Crippen molar-refractivity contribution in [1.29, 1.82) is 0 Å². The van der Waals surface area contributed by atoms with E-state index in [1.807, 2.05) is 24.3 Å². The third-order valence-corrected chi connectivity index (χ3v) is 5.38. The molecule has 4 nitrogen and oxygen atoms in total. The van der Waals surface area contributed by atoms with Crippen molar-refractivity contribution in [2.75, 3.05) is 13.2 Å². The second kappa shape index (κ2) is 6.21. The van der Waals surface area contributed by atoms with Crippen LogP contribution in [-0.4, -0.2) is 26.0 Å². The Balaban J connectivity index is 1.64. The lowest BCUT2D eigenvalue weighted by molar-refractivity contribution is -0.192. The van der Waals surface area contributed by atoms with Gasteiger partial charge in [0.25, 0.3) is 6.47 Å². The number of rotatable bonds is 7. The Morgan fingerprint density at radius 2 is 1.82 bits per heavy atom. The number of hydrogen-bond acceptors (Lipinski definition) is 4. The van der Waals surface area contributed by atoms with Crippen molar-refractivity contribution >= 4 is 12.8 Å². The van der Waals surface area contributed by atoms with Crippen molar-refractivity contribution in [2.45, 2.75) is 44.1 Å². The SMILES string of the molecule is O=COCCCC12CCC(c3ccc(C=O)cc3)(CC1)OC2. The van der Waals surface area contributed by atoms with Gasteiger partial charge in [-0.05, 0) is 49.5 Å². The van der Waals surface area contributed by atoms with E-state index in [2.05, 4.69) is 0 Å². The van der Waals surface area contributed by atoms with Gasteiger partial charge >= 0.3 is 0 Å². The van der Waals surface area contributed by atoms with Gasteiger partial charge in [0.2, 0.25) is 0 Å². The molecule has 2 bridgehead atoms. The summed E-state index contributed by atoms with van der Waals surface area (Å²) in [6.45, 7) is 1.80. The van der Waals surface area contributed by atoms with Crippen LogP contribution in [-0.2, 0) is 19.9 Å². The van der Waals surface area contributed by atoms with Gasteiger partial charge in [-0.15, -0.1) is 0 Å². The van der Waals surface area contributed by atoms with E-state index in [-0.39, 0.29) is 11.0 Å². The standard InChI is InChI=1S/C18H22O4/c19-12-15-2-4-16(5-3-15)18-9-7-17(8-10-18,13-22-18)6-1-11-21-14-20/h2-5,12,14H,1,6-11,13H2. The van der Waals surface area contributed by atoms with E-state index < -0.39 is 0 Å². The zero-order valence-corrected chi connectivity index (χ0v) is 12.8. The summed E-state index contributed by atoms with van der Waals surface area (Å²) in [4.78, 5) is 21.0. The molecule has 0 amide bonds. The van der Waals surface area contributed by atoms with Crippen molar-refractivity contribution < 1.29 is 19.1 Å². The molecule has 0 spiro atoms. The molecule has 3 aliphatic rings. The van der Waals surface area contributed by atoms with E-state index in [4.69, 9.17) is 9.47 Å². The average Bonchev–Trinajstić information content (AvgIpc) is 2.60. The Morgan fingerprint density at radius 3 is 2.36 bits per heavy atom. The molecule has 2 heterocycles. The summed E-state index contributed by atoms with van der Waals surface area (Å²) < 4.78 is 11.1. The molecule has 0 unspecified atom stereocenters. The fourth-order valence-corrected chi connectivity index (χ4v) is 3.90. The Morgan fingerprint density at radius 1 is 1.09 bits per heavy atom. The molecule has 3 fully saturated rings. The van der Waals surface area contributed by atoms with Gasteiger partial charge in [0.05, 0.1) is 18.8 Å². The van der Waals surface area contributed by atoms with Gasteiger partial charge in [-0.1, -0.05) is 24.3 Å². The van der Waals surface area contributed by atoms with Crippen LogP contribution < -0.4 is 0 Å². The number of fused-ring (bicyclic) bond motifs is 3. The number of hydrogen-bond donors (Lipinski definition) is 0. The molecule has 1 aromatic carbocycles. The van der Waals surface area contributed by atoms with Crippen molar-refractivity contribution in [2.24, 2.45) is 5.41 Å². The predicted molar refractivity (Wildman–Crippen MR) is 81.6 cm³/mol. The highest BCUT2D eigenvalue weighted by atomic mass is 16.5. The summed E-state index contributed by atoms with van der Waals surface area (Å²) in [5, 5.41) is 0. The van der Waals surface area contributed by atoms with Crippen LogP contribution in [0.5, 0.6) is 0 Å². The summed E-state index contributed by atoms with van der Waals surface area (Å²) in [5.74, 6) is 0. The minimum absolute atomic E-state index is 0.164. The molecule has 118 valence electrons. The van der Waals surface area contributed by atoms with Crippen LogP contribution in [0, 0.1) is 5.41 Å². The van der Waals surface area contributed by atoms with E-state index in [0.717, 1.165) is 51.4 Å². The first-order valence-corrected chi connectivity index (χ1v) is 7.97. The smallest absolute Gasteiger partial charge is 0.293 e. The first-order chi connectivity index (χ1) is 10.7. The summed E-state index contributed by atoms with van der Waals surface area (Å²) >= 11 is 0. The molecule has 0 atom stereocenters. The van der Waals surface area contributed by atoms with Crippen LogP contribution in [0.25, 0.3) is 0 Å². The van der Waals surface area contributed by atoms with Crippen LogP contribution in [0.4, 0.5) is 0 Å². The quantitative estimate of drug-likeness (QED) is 0.573. The van der Waals surface area contributed by atoms with Crippen molar-refractivity contribution in [3.8, 4) is 0 Å². The largest absolute Gasteiger partial charge is 0.468 e. The third-order valence-electron chi connectivity index (χ3n) is 5.38. The van der Waals surface area contributed by atoms with Gasteiger partial charge in [-0.2, -0.15) is 0 Å². The van der Waals surface area contributed by atoms with E-state index in [9.17, 15) is 9.59 Å². The fraction of sp³-hybridized carbons (Fsp3) is 0.556. The first kappa shape index (κ1) is 15.2. The van der Waals surface area contributed by atoms with Gasteiger partial charge in [0, 0.05) is 5.56 Å². The summed E-state index contributed by atoms with van der Waals surface area (Å²) in [5.41, 5.74) is 1.99. The topological polar surface area (TPSA) is 52.6 Å². The lowest BCUT2D eigenvalue weighted by atomic mass is 9.62. The molecule has 4 rings (SSSR count). The van der Waals surface area contributed by atoms with Crippen LogP contribution in [0.1, 0.15) is 54.4 Å². The molecule has 0 aromatic heterocycles. The molecular formula is C18H22O4. The Hall–Kier alpha value is -1.68. The average molecular weight is 302 g/mol. The number of ether oxygens (including phenoxy) is 2. The summed E-state index contributed by atoms with van der Waals surface area (Å²) in [7, 11) is 0. The normalized spacial score (nSPS) is 30.0. The highest BCUT2D eigenvalue weighted by molar-refractivity contribution is 5.74. The minimum Gasteiger partial charge on any atom is -0.468 e. The highest BCUT2D eigenvalue weighted by Crippen LogP contribution is 2.55. The van der Waals surface area contributed by atoms with Crippen LogP contribution in [0.2, 0.25) is 0 Å². The van der Waals surface area contributed by atoms with E-state index in [1.165, 1.54) is 5.56 Å². The number of carbonyl (C=O) groups excluding carboxylic acids is 2. The van der Waals surface area contributed by atoms with Crippen LogP contribution in [0.3, 0.4) is 0 Å². The highest BCUT2D eigenvalue weighted by Gasteiger charge is 2.50. The molecule has 1 aromatic rings. The van der Waals surface area contributed by atoms with Gasteiger partial charge in [-0.3, -0.25) is 9.59 Å². The van der Waals surface area contributed by atoms with Crippen LogP contribution >= 0.6 is 0 Å². The molecule has 1 saturated carbocycles. The minimum atomic E-state index is -0.164. The first-order valence-electron chi connectivity index (χ1n) is 7.97. The van der Waals surface area contributed by atoms with Gasteiger partial charge in [0.1, 0.15) is 6.29 Å². The maximum absolute atomic E-state index is 10.8. The summed E-state index contributed by atoms with van der Waals surface area (Å²) in [6.07, 6.45) is 7.21. The zero-order chi connectivity index (χ0) is 15.5. The van der Waals surface area contributed by atoms with Gasteiger partial charge < -0.3 is 9.47 Å². The maximum Gasteiger partial charge on any atom is 0.293 e. The molecule has 0 radical (unpaired) electrons. The molecule has 2 saturated heterocycles. The number of aldehydes is 1. The van der Waals surface area contributed by atoms with E-state index in [1.54, 1.807) is 0 Å². The lowest BCUT2D eigenvalue weighted by Crippen LogP contribution is -2.49. The number of benzene rings is 1. The monoisotopic (exact) mass is 302 g/mol. The molecule has 2 aliphatic heterocycles. The second-order valence-electron chi connectivity index (χ2n) is 6.59. The Bertz CT molecular complexity index is 510. The van der Waals surface area contributed by atoms with Gasteiger partial charge in [-0.25, -0.2) is 0 Å². The summed E-state index contributed by atoms with van der Waals surface area (Å²) in [6, 6.07) is 7.79. The molecule has 4 heteroatoms. The van der Waals surface area contributed by atoms with Crippen molar-refractivity contribution in [3.63, 3.8) is 0 Å². The Labute approximate surface area is 130 Å². The third kappa shape index (κ3) is 2.80. The second-order valence-corrected chi connectivity index (χ2v) is 6.59. The molecule has 1 aliphatic carbocycles. The number of carbonyl (C=O) groups is 2. The molecule has 22 heavy (non-hydrogen) atoms. The molecule has 0 N–H and O–H groups in total. The predicted octanol–water partition coefficient (Wildman–Crippen LogP) is 3.24. The fourth-order valence-electron chi connectivity index (χ4n) is 3.90. The van der Waals surface area contributed by atoms with E-state index >= 15 is 0 Å².